The molecule has 3 aromatic carbocycles. The lowest BCUT2D eigenvalue weighted by Crippen LogP contribution is -2.39. The molecule has 0 fully saturated rings. The van der Waals surface area contributed by atoms with Crippen molar-refractivity contribution >= 4 is 21.6 Å². The average molecular weight is 467 g/mol. The van der Waals surface area contributed by atoms with Crippen LogP contribution in [0.3, 0.4) is 0 Å². The molecule has 7 nitrogen and oxygen atoms in total. The fourth-order valence-electron chi connectivity index (χ4n) is 3.99. The van der Waals surface area contributed by atoms with Crippen LogP contribution in [0, 0.1) is 6.92 Å². The van der Waals surface area contributed by atoms with E-state index in [0.29, 0.717) is 35.4 Å². The topological polar surface area (TPSA) is 105 Å². The van der Waals surface area contributed by atoms with Gasteiger partial charge in [0.15, 0.2) is 0 Å². The number of ether oxygens (including phenoxy) is 1. The van der Waals surface area contributed by atoms with Crippen molar-refractivity contribution in [3.8, 4) is 5.75 Å². The first kappa shape index (κ1) is 23.0. The molecule has 1 amide bonds. The third-order valence-electron chi connectivity index (χ3n) is 5.75. The first-order chi connectivity index (χ1) is 15.8. The lowest BCUT2D eigenvalue weighted by atomic mass is 9.86. The van der Waals surface area contributed by atoms with Gasteiger partial charge in [-0.2, -0.15) is 0 Å². The molecule has 0 aliphatic heterocycles. The van der Waals surface area contributed by atoms with Crippen LogP contribution in [0.1, 0.15) is 39.5 Å². The number of benzene rings is 3. The molecule has 0 aromatic heterocycles. The predicted molar refractivity (Wildman–Crippen MR) is 126 cm³/mol. The summed E-state index contributed by atoms with van der Waals surface area (Å²) in [5, 5.41) is 13.5. The van der Waals surface area contributed by atoms with Crippen molar-refractivity contribution in [1.29, 1.82) is 0 Å². The third-order valence-corrected chi connectivity index (χ3v) is 7.19. The number of methoxy groups -OCH3 is 1. The van der Waals surface area contributed by atoms with E-state index in [2.05, 4.69) is 10.0 Å². The number of hydrogen-bond donors (Lipinski definition) is 3. The molecule has 3 aromatic rings. The van der Waals surface area contributed by atoms with E-state index in [-0.39, 0.29) is 10.8 Å². The number of aliphatic hydroxyl groups is 1. The Kier molecular flexibility index (Phi) is 6.51. The second kappa shape index (κ2) is 9.35. The monoisotopic (exact) mass is 466 g/mol. The van der Waals surface area contributed by atoms with Crippen molar-refractivity contribution in [3.05, 3.63) is 89.0 Å². The molecule has 2 atom stereocenters. The van der Waals surface area contributed by atoms with Crippen LogP contribution in [-0.4, -0.2) is 32.6 Å². The Labute approximate surface area is 193 Å². The van der Waals surface area contributed by atoms with Gasteiger partial charge in [0, 0.05) is 11.3 Å². The first-order valence-electron chi connectivity index (χ1n) is 10.6. The van der Waals surface area contributed by atoms with Crippen molar-refractivity contribution in [2.24, 2.45) is 0 Å². The van der Waals surface area contributed by atoms with Crippen molar-refractivity contribution in [3.63, 3.8) is 0 Å². The summed E-state index contributed by atoms with van der Waals surface area (Å²) in [6, 6.07) is 17.9. The summed E-state index contributed by atoms with van der Waals surface area (Å²) in [6.45, 7) is 1.82. The quantitative estimate of drug-likeness (QED) is 0.515. The van der Waals surface area contributed by atoms with Gasteiger partial charge in [-0.05, 0) is 78.9 Å². The molecule has 0 bridgehead atoms. The minimum atomic E-state index is -3.86. The van der Waals surface area contributed by atoms with E-state index in [1.54, 1.807) is 48.5 Å². The molecule has 1 aliphatic rings. The van der Waals surface area contributed by atoms with Gasteiger partial charge in [-0.1, -0.05) is 24.3 Å². The van der Waals surface area contributed by atoms with Gasteiger partial charge in [0.2, 0.25) is 10.0 Å². The number of nitrogens with one attached hydrogen (secondary N) is 2. The minimum absolute atomic E-state index is 0.143. The molecule has 4 rings (SSSR count). The smallest absolute Gasteiger partial charge is 0.255 e. The standard InChI is InChI=1S/C25H26N2O5S/c1-16-5-3-8-21(13-16)33(30,31)27-24-22-15-19(11-9-17(22)10-12-23(24)28)26-25(29)18-6-4-7-20(14-18)32-2/h3-9,11,13-15,23-24,27-28H,10,12H2,1-2H3,(H,26,29)/t23-,24-/m1/s1. The van der Waals surface area contributed by atoms with Gasteiger partial charge in [0.1, 0.15) is 5.75 Å². The zero-order valence-corrected chi connectivity index (χ0v) is 19.2. The number of aliphatic hydroxyl groups excluding tert-OH is 1. The number of amides is 1. The molecule has 0 saturated carbocycles. The number of aryl methyl sites for hydroxylation is 2. The molecular weight excluding hydrogens is 440 g/mol. The zero-order valence-electron chi connectivity index (χ0n) is 18.4. The Balaban J connectivity index is 1.61. The molecule has 0 radical (unpaired) electrons. The molecule has 0 saturated heterocycles. The van der Waals surface area contributed by atoms with Gasteiger partial charge < -0.3 is 15.2 Å². The van der Waals surface area contributed by atoms with E-state index in [1.165, 1.54) is 13.2 Å². The molecule has 1 aliphatic carbocycles. The van der Waals surface area contributed by atoms with Crippen LogP contribution in [0.4, 0.5) is 5.69 Å². The number of fused-ring (bicyclic) bond motifs is 1. The van der Waals surface area contributed by atoms with Crippen LogP contribution in [-0.2, 0) is 16.4 Å². The van der Waals surface area contributed by atoms with Gasteiger partial charge >= 0.3 is 0 Å². The summed E-state index contributed by atoms with van der Waals surface area (Å²) in [5.74, 6) is 0.254. The second-order valence-corrected chi connectivity index (χ2v) is 9.84. The van der Waals surface area contributed by atoms with Gasteiger partial charge in [0.05, 0.1) is 24.2 Å². The summed E-state index contributed by atoms with van der Waals surface area (Å²) in [6.07, 6.45) is 0.161. The van der Waals surface area contributed by atoms with Crippen LogP contribution < -0.4 is 14.8 Å². The Hall–Kier alpha value is -3.20. The maximum absolute atomic E-state index is 13.0. The predicted octanol–water partition coefficient (Wildman–Crippen LogP) is 3.58. The molecule has 8 heteroatoms. The molecule has 0 unspecified atom stereocenters. The molecule has 3 N–H and O–H groups in total. The Bertz CT molecular complexity index is 1290. The van der Waals surface area contributed by atoms with Crippen molar-refractivity contribution in [1.82, 2.24) is 4.72 Å². The summed E-state index contributed by atoms with van der Waals surface area (Å²) < 4.78 is 33.9. The van der Waals surface area contributed by atoms with Crippen molar-refractivity contribution < 1.29 is 23.1 Å². The Morgan fingerprint density at radius 2 is 1.85 bits per heavy atom. The number of carbonyl (C=O) groups excluding carboxylic acids is 1. The number of sulfonamides is 1. The summed E-state index contributed by atoms with van der Waals surface area (Å²) in [4.78, 5) is 12.9. The maximum atomic E-state index is 13.0. The van der Waals surface area contributed by atoms with Gasteiger partial charge in [0.25, 0.3) is 5.91 Å². The molecule has 172 valence electrons. The molecule has 0 spiro atoms. The molecule has 0 heterocycles. The van der Waals surface area contributed by atoms with E-state index in [4.69, 9.17) is 4.74 Å². The summed E-state index contributed by atoms with van der Waals surface area (Å²) >= 11 is 0. The zero-order chi connectivity index (χ0) is 23.6. The van der Waals surface area contributed by atoms with Gasteiger partial charge in [-0.25, -0.2) is 13.1 Å². The SMILES string of the molecule is COc1cccc(C(=O)Nc2ccc3c(c2)[C@@H](NS(=O)(=O)c2cccc(C)c2)[C@H](O)CC3)c1. The summed E-state index contributed by atoms with van der Waals surface area (Å²) in [5.41, 5.74) is 3.34. The Morgan fingerprint density at radius 3 is 2.61 bits per heavy atom. The number of rotatable bonds is 6. The van der Waals surface area contributed by atoms with Crippen molar-refractivity contribution in [2.45, 2.75) is 36.8 Å². The van der Waals surface area contributed by atoms with E-state index in [1.807, 2.05) is 19.1 Å². The fraction of sp³-hybridized carbons (Fsp3) is 0.240. The number of carbonyl (C=O) groups is 1. The first-order valence-corrected chi connectivity index (χ1v) is 12.1. The van der Waals surface area contributed by atoms with Crippen LogP contribution >= 0.6 is 0 Å². The van der Waals surface area contributed by atoms with Gasteiger partial charge in [-0.3, -0.25) is 4.79 Å². The molecular formula is C25H26N2O5S. The Morgan fingerprint density at radius 1 is 1.06 bits per heavy atom. The van der Waals surface area contributed by atoms with Crippen LogP contribution in [0.5, 0.6) is 5.75 Å². The largest absolute Gasteiger partial charge is 0.497 e. The third kappa shape index (κ3) is 5.08. The number of anilines is 1. The number of hydrogen-bond acceptors (Lipinski definition) is 5. The highest BCUT2D eigenvalue weighted by Gasteiger charge is 2.32. The lowest BCUT2D eigenvalue weighted by Gasteiger charge is -2.31. The lowest BCUT2D eigenvalue weighted by molar-refractivity contribution is 0.102. The highest BCUT2D eigenvalue weighted by molar-refractivity contribution is 7.89. The normalized spacial score (nSPS) is 17.8. The van der Waals surface area contributed by atoms with E-state index >= 15 is 0 Å². The maximum Gasteiger partial charge on any atom is 0.255 e. The van der Waals surface area contributed by atoms with Crippen molar-refractivity contribution in [2.75, 3.05) is 12.4 Å². The van der Waals surface area contributed by atoms with Gasteiger partial charge in [-0.15, -0.1) is 0 Å². The average Bonchev–Trinajstić information content (AvgIpc) is 2.81. The van der Waals surface area contributed by atoms with Crippen LogP contribution in [0.25, 0.3) is 0 Å². The highest BCUT2D eigenvalue weighted by atomic mass is 32.2. The van der Waals surface area contributed by atoms with E-state index < -0.39 is 22.2 Å². The molecule has 33 heavy (non-hydrogen) atoms. The van der Waals surface area contributed by atoms with Crippen LogP contribution in [0.15, 0.2) is 71.6 Å². The fourth-order valence-corrected chi connectivity index (χ4v) is 5.35. The van der Waals surface area contributed by atoms with Crippen LogP contribution in [0.2, 0.25) is 0 Å². The second-order valence-electron chi connectivity index (χ2n) is 8.12. The minimum Gasteiger partial charge on any atom is -0.497 e. The van der Waals surface area contributed by atoms with E-state index in [0.717, 1.165) is 11.1 Å². The summed E-state index contributed by atoms with van der Waals surface area (Å²) in [7, 11) is -2.32. The van der Waals surface area contributed by atoms with E-state index in [9.17, 15) is 18.3 Å². The highest BCUT2D eigenvalue weighted by Crippen LogP contribution is 2.33.